The summed E-state index contributed by atoms with van der Waals surface area (Å²) in [5, 5.41) is 3.26. The molecule has 140 valence electrons. The first-order valence-electron chi connectivity index (χ1n) is 9.83. The van der Waals surface area contributed by atoms with Crippen molar-refractivity contribution < 1.29 is 9.53 Å². The zero-order chi connectivity index (χ0) is 17.7. The first kappa shape index (κ1) is 19.7. The van der Waals surface area contributed by atoms with Gasteiger partial charge in [0.2, 0.25) is 5.91 Å². The molecule has 0 aromatic carbocycles. The summed E-state index contributed by atoms with van der Waals surface area (Å²) in [6, 6.07) is 0.418. The summed E-state index contributed by atoms with van der Waals surface area (Å²) < 4.78 is 5.83. The standard InChI is InChI=1S/C19H37N3O2/c1-6-17(21-9-7-8-10-21)11-20-19(23)18(14(2)3)22-12-15(4)24-16(5)13-22/h14-18H,6-13H2,1-5H3,(H,20,23). The number of carbonyl (C=O) groups is 1. The summed E-state index contributed by atoms with van der Waals surface area (Å²) in [6.07, 6.45) is 4.07. The normalized spacial score (nSPS) is 28.9. The minimum Gasteiger partial charge on any atom is -0.373 e. The highest BCUT2D eigenvalue weighted by Crippen LogP contribution is 2.19. The van der Waals surface area contributed by atoms with Crippen LogP contribution in [0.15, 0.2) is 0 Å². The van der Waals surface area contributed by atoms with E-state index in [9.17, 15) is 4.79 Å². The molecule has 0 spiro atoms. The van der Waals surface area contributed by atoms with Crippen molar-refractivity contribution in [1.82, 2.24) is 15.1 Å². The maximum atomic E-state index is 12.9. The Bertz CT molecular complexity index is 386. The highest BCUT2D eigenvalue weighted by atomic mass is 16.5. The molecule has 2 rings (SSSR count). The van der Waals surface area contributed by atoms with Gasteiger partial charge in [-0.2, -0.15) is 0 Å². The average molecular weight is 340 g/mol. The molecular weight excluding hydrogens is 302 g/mol. The molecule has 0 bridgehead atoms. The van der Waals surface area contributed by atoms with Gasteiger partial charge >= 0.3 is 0 Å². The van der Waals surface area contributed by atoms with E-state index in [2.05, 4.69) is 49.7 Å². The van der Waals surface area contributed by atoms with Crippen LogP contribution in [0, 0.1) is 5.92 Å². The molecule has 2 heterocycles. The molecule has 5 nitrogen and oxygen atoms in total. The van der Waals surface area contributed by atoms with Gasteiger partial charge in [0, 0.05) is 25.7 Å². The fourth-order valence-corrected chi connectivity index (χ4v) is 4.30. The van der Waals surface area contributed by atoms with E-state index >= 15 is 0 Å². The van der Waals surface area contributed by atoms with E-state index in [-0.39, 0.29) is 24.2 Å². The number of hydrogen-bond acceptors (Lipinski definition) is 4. The second-order valence-corrected chi connectivity index (χ2v) is 7.95. The van der Waals surface area contributed by atoms with Gasteiger partial charge in [0.1, 0.15) is 0 Å². The van der Waals surface area contributed by atoms with Crippen LogP contribution in [0.1, 0.15) is 53.9 Å². The molecule has 0 saturated carbocycles. The largest absolute Gasteiger partial charge is 0.373 e. The van der Waals surface area contributed by atoms with E-state index < -0.39 is 0 Å². The number of carbonyl (C=O) groups excluding carboxylic acids is 1. The van der Waals surface area contributed by atoms with Crippen LogP contribution in [0.3, 0.4) is 0 Å². The number of likely N-dealkylation sites (tertiary alicyclic amines) is 1. The van der Waals surface area contributed by atoms with Gasteiger partial charge < -0.3 is 10.1 Å². The van der Waals surface area contributed by atoms with Gasteiger partial charge in [0.15, 0.2) is 0 Å². The number of hydrogen-bond donors (Lipinski definition) is 1. The molecule has 0 radical (unpaired) electrons. The Hall–Kier alpha value is -0.650. The van der Waals surface area contributed by atoms with E-state index in [1.54, 1.807) is 0 Å². The molecule has 0 aromatic rings. The van der Waals surface area contributed by atoms with Crippen molar-refractivity contribution in [2.24, 2.45) is 5.92 Å². The zero-order valence-electron chi connectivity index (χ0n) is 16.3. The minimum atomic E-state index is -0.0603. The molecule has 5 heteroatoms. The molecule has 1 amide bonds. The van der Waals surface area contributed by atoms with Crippen LogP contribution in [0.2, 0.25) is 0 Å². The lowest BCUT2D eigenvalue weighted by atomic mass is 9.99. The second kappa shape index (κ2) is 9.16. The quantitative estimate of drug-likeness (QED) is 0.772. The third-order valence-electron chi connectivity index (χ3n) is 5.38. The smallest absolute Gasteiger partial charge is 0.237 e. The number of morpholine rings is 1. The molecule has 2 fully saturated rings. The SMILES string of the molecule is CCC(CNC(=O)C(C(C)C)N1CC(C)OC(C)C1)N1CCCC1. The van der Waals surface area contributed by atoms with Gasteiger partial charge in [-0.3, -0.25) is 14.6 Å². The summed E-state index contributed by atoms with van der Waals surface area (Å²) in [7, 11) is 0. The minimum absolute atomic E-state index is 0.0603. The molecule has 4 unspecified atom stereocenters. The molecular formula is C19H37N3O2. The van der Waals surface area contributed by atoms with E-state index in [0.29, 0.717) is 12.0 Å². The van der Waals surface area contributed by atoms with Gasteiger partial charge in [-0.1, -0.05) is 20.8 Å². The highest BCUT2D eigenvalue weighted by Gasteiger charge is 2.34. The van der Waals surface area contributed by atoms with E-state index in [4.69, 9.17) is 4.74 Å². The van der Waals surface area contributed by atoms with Crippen molar-refractivity contribution in [1.29, 1.82) is 0 Å². The summed E-state index contributed by atoms with van der Waals surface area (Å²) in [5.74, 6) is 0.485. The Morgan fingerprint density at radius 2 is 1.71 bits per heavy atom. The molecule has 2 saturated heterocycles. The fourth-order valence-electron chi connectivity index (χ4n) is 4.30. The topological polar surface area (TPSA) is 44.8 Å². The summed E-state index contributed by atoms with van der Waals surface area (Å²) in [4.78, 5) is 17.8. The number of amides is 1. The molecule has 4 atom stereocenters. The predicted octanol–water partition coefficient (Wildman–Crippen LogP) is 2.11. The molecule has 2 aliphatic heterocycles. The van der Waals surface area contributed by atoms with Crippen molar-refractivity contribution in [2.45, 2.75) is 78.2 Å². The van der Waals surface area contributed by atoms with Gasteiger partial charge in [-0.15, -0.1) is 0 Å². The number of rotatable bonds is 7. The zero-order valence-corrected chi connectivity index (χ0v) is 16.3. The molecule has 1 N–H and O–H groups in total. The number of nitrogens with one attached hydrogen (secondary N) is 1. The Balaban J connectivity index is 1.93. The van der Waals surface area contributed by atoms with Crippen LogP contribution < -0.4 is 5.32 Å². The highest BCUT2D eigenvalue weighted by molar-refractivity contribution is 5.82. The molecule has 2 aliphatic rings. The van der Waals surface area contributed by atoms with Crippen LogP contribution in [-0.4, -0.2) is 72.7 Å². The van der Waals surface area contributed by atoms with Crippen molar-refractivity contribution in [3.8, 4) is 0 Å². The monoisotopic (exact) mass is 339 g/mol. The molecule has 24 heavy (non-hydrogen) atoms. The predicted molar refractivity (Wildman–Crippen MR) is 98.1 cm³/mol. The molecule has 0 aromatic heterocycles. The number of ether oxygens (including phenoxy) is 1. The van der Waals surface area contributed by atoms with Crippen LogP contribution in [-0.2, 0) is 9.53 Å². The summed E-state index contributed by atoms with van der Waals surface area (Å²) >= 11 is 0. The third-order valence-corrected chi connectivity index (χ3v) is 5.38. The van der Waals surface area contributed by atoms with Crippen molar-refractivity contribution in [2.75, 3.05) is 32.7 Å². The van der Waals surface area contributed by atoms with Crippen LogP contribution in [0.5, 0.6) is 0 Å². The van der Waals surface area contributed by atoms with Gasteiger partial charge in [-0.25, -0.2) is 0 Å². The van der Waals surface area contributed by atoms with Crippen LogP contribution in [0.4, 0.5) is 0 Å². The van der Waals surface area contributed by atoms with Gasteiger partial charge in [0.05, 0.1) is 18.2 Å². The van der Waals surface area contributed by atoms with Gasteiger partial charge in [-0.05, 0) is 52.1 Å². The van der Waals surface area contributed by atoms with Crippen molar-refractivity contribution >= 4 is 5.91 Å². The van der Waals surface area contributed by atoms with E-state index in [1.807, 2.05) is 0 Å². The van der Waals surface area contributed by atoms with Crippen LogP contribution in [0.25, 0.3) is 0 Å². The lowest BCUT2D eigenvalue weighted by Gasteiger charge is -2.41. The maximum Gasteiger partial charge on any atom is 0.237 e. The van der Waals surface area contributed by atoms with Crippen LogP contribution >= 0.6 is 0 Å². The Labute approximate surface area is 148 Å². The lowest BCUT2D eigenvalue weighted by Crippen LogP contribution is -2.58. The third kappa shape index (κ3) is 5.17. The maximum absolute atomic E-state index is 12.9. The van der Waals surface area contributed by atoms with E-state index in [0.717, 1.165) is 26.1 Å². The summed E-state index contributed by atoms with van der Waals surface area (Å²) in [5.41, 5.74) is 0. The lowest BCUT2D eigenvalue weighted by molar-refractivity contribution is -0.135. The average Bonchev–Trinajstić information content (AvgIpc) is 3.01. The number of nitrogens with zero attached hydrogens (tertiary/aromatic N) is 2. The Morgan fingerprint density at radius 1 is 1.12 bits per heavy atom. The Morgan fingerprint density at radius 3 is 2.21 bits per heavy atom. The summed E-state index contributed by atoms with van der Waals surface area (Å²) in [6.45, 7) is 15.5. The van der Waals surface area contributed by atoms with Gasteiger partial charge in [0.25, 0.3) is 0 Å². The first-order chi connectivity index (χ1) is 11.4. The van der Waals surface area contributed by atoms with E-state index in [1.165, 1.54) is 25.9 Å². The Kier molecular flexibility index (Phi) is 7.51. The van der Waals surface area contributed by atoms with Crippen molar-refractivity contribution in [3.05, 3.63) is 0 Å². The second-order valence-electron chi connectivity index (χ2n) is 7.95. The molecule has 0 aliphatic carbocycles. The fraction of sp³-hybridized carbons (Fsp3) is 0.947. The van der Waals surface area contributed by atoms with Crippen molar-refractivity contribution in [3.63, 3.8) is 0 Å². The first-order valence-corrected chi connectivity index (χ1v) is 9.83.